The lowest BCUT2D eigenvalue weighted by atomic mass is 9.92. The Bertz CT molecular complexity index is 135. The van der Waals surface area contributed by atoms with E-state index in [0.29, 0.717) is 0 Å². The molecule has 0 heteroatoms. The highest BCUT2D eigenvalue weighted by Crippen LogP contribution is 2.17. The van der Waals surface area contributed by atoms with Crippen molar-refractivity contribution in [2.75, 3.05) is 0 Å². The van der Waals surface area contributed by atoms with Gasteiger partial charge in [0, 0.05) is 0 Å². The van der Waals surface area contributed by atoms with E-state index in [4.69, 9.17) is 0 Å². The minimum atomic E-state index is 0.740. The van der Waals surface area contributed by atoms with Crippen LogP contribution in [-0.4, -0.2) is 0 Å². The molecule has 0 nitrogen and oxygen atoms in total. The van der Waals surface area contributed by atoms with Gasteiger partial charge in [0.1, 0.15) is 0 Å². The third kappa shape index (κ3) is 5.90. The van der Waals surface area contributed by atoms with Crippen molar-refractivity contribution in [1.29, 1.82) is 0 Å². The van der Waals surface area contributed by atoms with Gasteiger partial charge < -0.3 is 0 Å². The summed E-state index contributed by atoms with van der Waals surface area (Å²) in [5, 5.41) is 0. The lowest BCUT2D eigenvalue weighted by molar-refractivity contribution is 0.443. The summed E-state index contributed by atoms with van der Waals surface area (Å²) >= 11 is 0. The van der Waals surface area contributed by atoms with Crippen LogP contribution in [0.3, 0.4) is 0 Å². The van der Waals surface area contributed by atoms with E-state index in [9.17, 15) is 0 Å². The summed E-state index contributed by atoms with van der Waals surface area (Å²) < 4.78 is 0. The van der Waals surface area contributed by atoms with E-state index < -0.39 is 0 Å². The van der Waals surface area contributed by atoms with E-state index in [0.717, 1.165) is 17.8 Å². The molecule has 0 N–H and O–H groups in total. The molecule has 0 aliphatic rings. The van der Waals surface area contributed by atoms with Crippen molar-refractivity contribution < 1.29 is 0 Å². The largest absolute Gasteiger partial charge is 0.0854 e. The Hall–Kier alpha value is -0.260. The normalized spacial score (nSPS) is 18.8. The first-order valence-corrected chi connectivity index (χ1v) is 5.80. The van der Waals surface area contributed by atoms with Crippen LogP contribution in [0.5, 0.6) is 0 Å². The molecule has 0 aromatic rings. The Morgan fingerprint density at radius 1 is 1.00 bits per heavy atom. The van der Waals surface area contributed by atoms with Crippen LogP contribution in [0.1, 0.15) is 53.9 Å². The molecule has 0 saturated carbocycles. The zero-order valence-corrected chi connectivity index (χ0v) is 10.0. The van der Waals surface area contributed by atoms with Gasteiger partial charge in [-0.15, -0.1) is 0 Å². The van der Waals surface area contributed by atoms with Crippen LogP contribution in [0.2, 0.25) is 0 Å². The zero-order valence-electron chi connectivity index (χ0n) is 10.0. The third-order valence-corrected chi connectivity index (χ3v) is 3.03. The van der Waals surface area contributed by atoms with Crippen molar-refractivity contribution in [3.63, 3.8) is 0 Å². The van der Waals surface area contributed by atoms with Crippen LogP contribution in [0.25, 0.3) is 0 Å². The summed E-state index contributed by atoms with van der Waals surface area (Å²) in [6.07, 6.45) is 8.69. The van der Waals surface area contributed by atoms with E-state index in [-0.39, 0.29) is 0 Å². The average molecular weight is 182 g/mol. The van der Waals surface area contributed by atoms with Crippen LogP contribution < -0.4 is 0 Å². The summed E-state index contributed by atoms with van der Waals surface area (Å²) in [5.41, 5.74) is 0. The Kier molecular flexibility index (Phi) is 7.03. The molecule has 78 valence electrons. The predicted molar refractivity (Wildman–Crippen MR) is 61.8 cm³/mol. The van der Waals surface area contributed by atoms with Gasteiger partial charge in [0.25, 0.3) is 0 Å². The van der Waals surface area contributed by atoms with Crippen molar-refractivity contribution in [2.24, 2.45) is 17.8 Å². The van der Waals surface area contributed by atoms with Gasteiger partial charge in [-0.05, 0) is 24.2 Å². The number of allylic oxidation sites excluding steroid dienone is 2. The van der Waals surface area contributed by atoms with Crippen molar-refractivity contribution in [1.82, 2.24) is 0 Å². The maximum atomic E-state index is 2.40. The van der Waals surface area contributed by atoms with Gasteiger partial charge in [-0.2, -0.15) is 0 Å². The highest BCUT2D eigenvalue weighted by atomic mass is 14.1. The number of hydrogen-bond donors (Lipinski definition) is 0. The molecule has 0 heterocycles. The molecule has 0 aliphatic carbocycles. The fourth-order valence-electron chi connectivity index (χ4n) is 1.48. The van der Waals surface area contributed by atoms with Crippen LogP contribution in [0.4, 0.5) is 0 Å². The first-order chi connectivity index (χ1) is 6.11. The fourth-order valence-corrected chi connectivity index (χ4v) is 1.48. The molecule has 0 aromatic carbocycles. The lowest BCUT2D eigenvalue weighted by Crippen LogP contribution is -2.03. The summed E-state index contributed by atoms with van der Waals surface area (Å²) in [6, 6.07) is 0. The van der Waals surface area contributed by atoms with Crippen molar-refractivity contribution >= 4 is 0 Å². The van der Waals surface area contributed by atoms with E-state index in [1.54, 1.807) is 0 Å². The molecular formula is C13H26. The SMILES string of the molecule is CCCC(C)C=CC(C)C(C)CC. The van der Waals surface area contributed by atoms with Gasteiger partial charge in [0.05, 0.1) is 0 Å². The monoisotopic (exact) mass is 182 g/mol. The number of rotatable bonds is 6. The standard InChI is InChI=1S/C13H26/c1-6-8-11(3)9-10-13(5)12(4)7-2/h9-13H,6-8H2,1-5H3. The highest BCUT2D eigenvalue weighted by molar-refractivity contribution is 4.91. The topological polar surface area (TPSA) is 0 Å². The first kappa shape index (κ1) is 12.7. The summed E-state index contributed by atoms with van der Waals surface area (Å²) in [7, 11) is 0. The van der Waals surface area contributed by atoms with E-state index >= 15 is 0 Å². The Balaban J connectivity index is 3.81. The lowest BCUT2D eigenvalue weighted by Gasteiger charge is -2.14. The first-order valence-electron chi connectivity index (χ1n) is 5.80. The Morgan fingerprint density at radius 2 is 1.62 bits per heavy atom. The highest BCUT2D eigenvalue weighted by Gasteiger charge is 2.06. The quantitative estimate of drug-likeness (QED) is 0.524. The second-order valence-corrected chi connectivity index (χ2v) is 4.40. The van der Waals surface area contributed by atoms with Crippen molar-refractivity contribution in [2.45, 2.75) is 53.9 Å². The Morgan fingerprint density at radius 3 is 2.08 bits per heavy atom. The van der Waals surface area contributed by atoms with Crippen molar-refractivity contribution in [3.8, 4) is 0 Å². The molecule has 0 bridgehead atoms. The molecule has 0 aromatic heterocycles. The van der Waals surface area contributed by atoms with Gasteiger partial charge in [-0.3, -0.25) is 0 Å². The van der Waals surface area contributed by atoms with Gasteiger partial charge in [0.15, 0.2) is 0 Å². The van der Waals surface area contributed by atoms with Gasteiger partial charge in [-0.1, -0.05) is 59.6 Å². The zero-order chi connectivity index (χ0) is 10.3. The molecule has 3 atom stereocenters. The number of hydrogen-bond acceptors (Lipinski definition) is 0. The molecule has 3 unspecified atom stereocenters. The molecule has 0 radical (unpaired) electrons. The summed E-state index contributed by atoms with van der Waals surface area (Å²) in [5.74, 6) is 2.32. The summed E-state index contributed by atoms with van der Waals surface area (Å²) in [6.45, 7) is 11.5. The van der Waals surface area contributed by atoms with Gasteiger partial charge in [-0.25, -0.2) is 0 Å². The molecule has 0 rings (SSSR count). The predicted octanol–water partition coefficient (Wildman–Crippen LogP) is 4.66. The molecule has 13 heavy (non-hydrogen) atoms. The minimum Gasteiger partial charge on any atom is -0.0854 e. The van der Waals surface area contributed by atoms with Crippen LogP contribution >= 0.6 is 0 Å². The molecule has 0 saturated heterocycles. The summed E-state index contributed by atoms with van der Waals surface area (Å²) in [4.78, 5) is 0. The fraction of sp³-hybridized carbons (Fsp3) is 0.846. The van der Waals surface area contributed by atoms with Crippen LogP contribution in [0.15, 0.2) is 12.2 Å². The van der Waals surface area contributed by atoms with Crippen LogP contribution in [-0.2, 0) is 0 Å². The third-order valence-electron chi connectivity index (χ3n) is 3.03. The molecule has 0 amide bonds. The maximum Gasteiger partial charge on any atom is -0.0236 e. The van der Waals surface area contributed by atoms with E-state index in [2.05, 4.69) is 46.8 Å². The molecule has 0 fully saturated rings. The molecule has 0 spiro atoms. The van der Waals surface area contributed by atoms with E-state index in [1.807, 2.05) is 0 Å². The minimum absolute atomic E-state index is 0.740. The van der Waals surface area contributed by atoms with Crippen molar-refractivity contribution in [3.05, 3.63) is 12.2 Å². The second-order valence-electron chi connectivity index (χ2n) is 4.40. The molecular weight excluding hydrogens is 156 g/mol. The Labute approximate surface area is 84.4 Å². The van der Waals surface area contributed by atoms with Gasteiger partial charge in [0.2, 0.25) is 0 Å². The van der Waals surface area contributed by atoms with Crippen LogP contribution in [0, 0.1) is 17.8 Å². The van der Waals surface area contributed by atoms with Gasteiger partial charge >= 0.3 is 0 Å². The maximum absolute atomic E-state index is 2.40. The smallest absolute Gasteiger partial charge is 0.0236 e. The second kappa shape index (κ2) is 7.17. The average Bonchev–Trinajstić information content (AvgIpc) is 2.13. The molecule has 0 aliphatic heterocycles. The van der Waals surface area contributed by atoms with E-state index in [1.165, 1.54) is 19.3 Å².